The van der Waals surface area contributed by atoms with Crippen LogP contribution < -0.4 is 10.1 Å². The van der Waals surface area contributed by atoms with Gasteiger partial charge in [-0.2, -0.15) is 5.10 Å². The van der Waals surface area contributed by atoms with Gasteiger partial charge in [0.25, 0.3) is 5.91 Å². The van der Waals surface area contributed by atoms with E-state index in [1.165, 1.54) is 0 Å². The summed E-state index contributed by atoms with van der Waals surface area (Å²) in [4.78, 5) is 27.9. The van der Waals surface area contributed by atoms with Crippen molar-refractivity contribution in [2.24, 2.45) is 0 Å². The predicted molar refractivity (Wildman–Crippen MR) is 142 cm³/mol. The van der Waals surface area contributed by atoms with Gasteiger partial charge in [-0.05, 0) is 57.2 Å². The van der Waals surface area contributed by atoms with Crippen LogP contribution in [0.4, 0.5) is 5.82 Å². The van der Waals surface area contributed by atoms with Crippen LogP contribution in [-0.4, -0.2) is 46.2 Å². The zero-order valence-electron chi connectivity index (χ0n) is 20.9. The minimum atomic E-state index is -0.307. The van der Waals surface area contributed by atoms with Crippen LogP contribution in [0.2, 0.25) is 0 Å². The highest BCUT2D eigenvalue weighted by atomic mass is 16.5. The van der Waals surface area contributed by atoms with Crippen molar-refractivity contribution in [1.82, 2.24) is 14.7 Å². The van der Waals surface area contributed by atoms with Crippen LogP contribution in [0.3, 0.4) is 0 Å². The molecule has 1 heterocycles. The quantitative estimate of drug-likeness (QED) is 0.368. The maximum absolute atomic E-state index is 13.2. The molecule has 0 aliphatic heterocycles. The number of anilines is 1. The van der Waals surface area contributed by atoms with Crippen LogP contribution in [0.1, 0.15) is 29.8 Å². The molecule has 0 fully saturated rings. The molecular weight excluding hydrogens is 452 g/mol. The number of nitrogens with one attached hydrogen (secondary N) is 1. The lowest BCUT2D eigenvalue weighted by atomic mass is 10.1. The van der Waals surface area contributed by atoms with Gasteiger partial charge in [-0.25, -0.2) is 4.68 Å². The number of ether oxygens (including phenoxy) is 1. The van der Waals surface area contributed by atoms with E-state index in [0.717, 1.165) is 22.5 Å². The maximum Gasteiger partial charge on any atom is 0.254 e. The number of aryl methyl sites for hydroxylation is 1. The molecule has 0 aliphatic carbocycles. The molecule has 0 atom stereocenters. The molecule has 0 saturated carbocycles. The Hall–Kier alpha value is -4.39. The second kappa shape index (κ2) is 10.9. The molecule has 0 aliphatic rings. The molecule has 0 radical (unpaired) electrons. The number of carbonyl (C=O) groups excluding carboxylic acids is 2. The second-order valence-electron chi connectivity index (χ2n) is 8.83. The Morgan fingerprint density at radius 3 is 2.25 bits per heavy atom. The number of carbonyl (C=O) groups is 2. The Morgan fingerprint density at radius 1 is 0.972 bits per heavy atom. The topological polar surface area (TPSA) is 76.5 Å². The van der Waals surface area contributed by atoms with E-state index >= 15 is 0 Å². The average Bonchev–Trinajstić information content (AvgIpc) is 3.31. The van der Waals surface area contributed by atoms with Crippen LogP contribution in [0.5, 0.6) is 5.75 Å². The minimum Gasteiger partial charge on any atom is -0.497 e. The minimum absolute atomic E-state index is 0.0950. The van der Waals surface area contributed by atoms with Gasteiger partial charge in [0.2, 0.25) is 5.91 Å². The van der Waals surface area contributed by atoms with Crippen molar-refractivity contribution in [3.63, 3.8) is 0 Å². The first-order valence-corrected chi connectivity index (χ1v) is 11.8. The SMILES string of the molecule is COc1ccc(C(=O)N(CC(=O)Nc2cc(-c3ccccc3)nn2-c2ccc(C)cc2)C(C)C)cc1. The van der Waals surface area contributed by atoms with Gasteiger partial charge in [-0.1, -0.05) is 48.0 Å². The summed E-state index contributed by atoms with van der Waals surface area (Å²) in [5.74, 6) is 0.667. The summed E-state index contributed by atoms with van der Waals surface area (Å²) >= 11 is 0. The fourth-order valence-corrected chi connectivity index (χ4v) is 3.83. The van der Waals surface area contributed by atoms with Gasteiger partial charge >= 0.3 is 0 Å². The molecule has 0 unspecified atom stereocenters. The maximum atomic E-state index is 13.2. The Kier molecular flexibility index (Phi) is 7.49. The van der Waals surface area contributed by atoms with E-state index in [-0.39, 0.29) is 24.4 Å². The van der Waals surface area contributed by atoms with Crippen LogP contribution >= 0.6 is 0 Å². The van der Waals surface area contributed by atoms with E-state index in [0.29, 0.717) is 17.1 Å². The van der Waals surface area contributed by atoms with Crippen molar-refractivity contribution in [2.75, 3.05) is 19.0 Å². The first kappa shape index (κ1) is 24.7. The van der Waals surface area contributed by atoms with Gasteiger partial charge in [-0.3, -0.25) is 9.59 Å². The van der Waals surface area contributed by atoms with E-state index in [2.05, 4.69) is 5.32 Å². The smallest absolute Gasteiger partial charge is 0.254 e. The molecule has 1 N–H and O–H groups in total. The highest BCUT2D eigenvalue weighted by molar-refractivity contribution is 5.99. The molecule has 0 saturated heterocycles. The van der Waals surface area contributed by atoms with Gasteiger partial charge in [-0.15, -0.1) is 0 Å². The lowest BCUT2D eigenvalue weighted by Crippen LogP contribution is -2.42. The molecule has 0 spiro atoms. The Morgan fingerprint density at radius 2 is 1.64 bits per heavy atom. The van der Waals surface area contributed by atoms with Gasteiger partial charge in [0.1, 0.15) is 18.1 Å². The van der Waals surface area contributed by atoms with E-state index < -0.39 is 0 Å². The summed E-state index contributed by atoms with van der Waals surface area (Å²) in [7, 11) is 1.58. The number of nitrogens with zero attached hydrogens (tertiary/aromatic N) is 3. The predicted octanol–water partition coefficient (Wildman–Crippen LogP) is 5.35. The van der Waals surface area contributed by atoms with Crippen molar-refractivity contribution in [3.05, 3.63) is 96.1 Å². The van der Waals surface area contributed by atoms with Crippen LogP contribution in [0, 0.1) is 6.92 Å². The Labute approximate surface area is 211 Å². The molecule has 0 bridgehead atoms. The summed E-state index contributed by atoms with van der Waals surface area (Å²) in [6, 6.07) is 26.2. The van der Waals surface area contributed by atoms with Crippen molar-refractivity contribution >= 4 is 17.6 Å². The molecule has 4 rings (SSSR count). The number of hydrogen-bond donors (Lipinski definition) is 1. The number of hydrogen-bond acceptors (Lipinski definition) is 4. The largest absolute Gasteiger partial charge is 0.497 e. The van der Waals surface area contributed by atoms with E-state index in [1.54, 1.807) is 41.0 Å². The van der Waals surface area contributed by atoms with Gasteiger partial charge in [0, 0.05) is 23.2 Å². The van der Waals surface area contributed by atoms with Gasteiger partial charge in [0.15, 0.2) is 0 Å². The molecule has 7 nitrogen and oxygen atoms in total. The standard InChI is InChI=1S/C29H30N4O3/c1-20(2)32(29(35)23-12-16-25(36-4)17-13-23)19-28(34)30-27-18-26(22-8-6-5-7-9-22)31-33(27)24-14-10-21(3)11-15-24/h5-18,20H,19H2,1-4H3,(H,30,34). The molecule has 36 heavy (non-hydrogen) atoms. The lowest BCUT2D eigenvalue weighted by Gasteiger charge is -2.26. The number of amides is 2. The van der Waals surface area contributed by atoms with E-state index in [9.17, 15) is 9.59 Å². The fraction of sp³-hybridized carbons (Fsp3) is 0.207. The monoisotopic (exact) mass is 482 g/mol. The third-order valence-corrected chi connectivity index (χ3v) is 5.86. The van der Waals surface area contributed by atoms with Gasteiger partial charge in [0.05, 0.1) is 18.5 Å². The Balaban J connectivity index is 1.59. The first-order chi connectivity index (χ1) is 17.4. The highest BCUT2D eigenvalue weighted by Crippen LogP contribution is 2.25. The molecule has 2 amide bonds. The molecule has 7 heteroatoms. The van der Waals surface area contributed by atoms with Crippen molar-refractivity contribution < 1.29 is 14.3 Å². The molecule has 1 aromatic heterocycles. The lowest BCUT2D eigenvalue weighted by molar-refractivity contribution is -0.117. The van der Waals surface area contributed by atoms with Crippen LogP contribution in [0.15, 0.2) is 84.9 Å². The average molecular weight is 483 g/mol. The summed E-state index contributed by atoms with van der Waals surface area (Å²) in [6.07, 6.45) is 0. The summed E-state index contributed by atoms with van der Waals surface area (Å²) < 4.78 is 6.89. The third-order valence-electron chi connectivity index (χ3n) is 5.86. The van der Waals surface area contributed by atoms with Crippen molar-refractivity contribution in [1.29, 1.82) is 0 Å². The highest BCUT2D eigenvalue weighted by Gasteiger charge is 2.23. The van der Waals surface area contributed by atoms with Crippen molar-refractivity contribution in [3.8, 4) is 22.7 Å². The molecule has 184 valence electrons. The fourth-order valence-electron chi connectivity index (χ4n) is 3.83. The number of rotatable bonds is 8. The summed E-state index contributed by atoms with van der Waals surface area (Å²) in [5, 5.41) is 7.73. The van der Waals surface area contributed by atoms with Crippen LogP contribution in [-0.2, 0) is 4.79 Å². The second-order valence-corrected chi connectivity index (χ2v) is 8.83. The first-order valence-electron chi connectivity index (χ1n) is 11.8. The van der Waals surface area contributed by atoms with E-state index in [4.69, 9.17) is 9.84 Å². The number of benzene rings is 3. The normalized spacial score (nSPS) is 10.8. The zero-order chi connectivity index (χ0) is 25.7. The molecule has 3 aromatic carbocycles. The van der Waals surface area contributed by atoms with Gasteiger partial charge < -0.3 is 15.0 Å². The van der Waals surface area contributed by atoms with Crippen molar-refractivity contribution in [2.45, 2.75) is 26.8 Å². The molecule has 4 aromatic rings. The summed E-state index contributed by atoms with van der Waals surface area (Å²) in [6.45, 7) is 5.70. The van der Waals surface area contributed by atoms with Crippen LogP contribution in [0.25, 0.3) is 16.9 Å². The number of aromatic nitrogens is 2. The number of methoxy groups -OCH3 is 1. The Bertz CT molecular complexity index is 1330. The van der Waals surface area contributed by atoms with E-state index in [1.807, 2.05) is 81.4 Å². The summed E-state index contributed by atoms with van der Waals surface area (Å²) in [5.41, 5.74) is 4.13. The zero-order valence-corrected chi connectivity index (χ0v) is 20.9. The third kappa shape index (κ3) is 5.63. The molecular formula is C29H30N4O3.